The van der Waals surface area contributed by atoms with Crippen LogP contribution in [-0.4, -0.2) is 100.0 Å². The first kappa shape index (κ1) is 47.8. The fourth-order valence-electron chi connectivity index (χ4n) is 8.22. The summed E-state index contributed by atoms with van der Waals surface area (Å²) in [6.07, 6.45) is 7.99. The van der Waals surface area contributed by atoms with Gasteiger partial charge in [-0.3, -0.25) is 24.0 Å². The van der Waals surface area contributed by atoms with E-state index in [4.69, 9.17) is 29.5 Å². The second kappa shape index (κ2) is 23.4. The number of ether oxygens (including phenoxy) is 2. The molecule has 1 aliphatic rings. The van der Waals surface area contributed by atoms with Crippen LogP contribution in [0.3, 0.4) is 0 Å². The van der Waals surface area contributed by atoms with Gasteiger partial charge in [0.2, 0.25) is 0 Å². The summed E-state index contributed by atoms with van der Waals surface area (Å²) in [4.78, 5) is 79.0. The molecule has 2 aromatic heterocycles. The molecule has 16 heteroatoms. The lowest BCUT2D eigenvalue weighted by Crippen LogP contribution is -2.36. The maximum absolute atomic E-state index is 13.4. The lowest BCUT2D eigenvalue weighted by Gasteiger charge is -2.25. The number of carbonyl (C=O) groups is 6. The van der Waals surface area contributed by atoms with E-state index in [-0.39, 0.29) is 49.0 Å². The van der Waals surface area contributed by atoms with Crippen LogP contribution in [-0.2, 0) is 20.8 Å². The van der Waals surface area contributed by atoms with Crippen molar-refractivity contribution in [3.63, 3.8) is 0 Å². The highest BCUT2D eigenvalue weighted by molar-refractivity contribution is 6.09. The average molecular weight is 921 g/mol. The van der Waals surface area contributed by atoms with Gasteiger partial charge in [0.1, 0.15) is 17.3 Å². The number of nitrogens with one attached hydrogen (secondary N) is 4. The molecule has 0 saturated heterocycles. The molecular formula is C52H52N6O10. The van der Waals surface area contributed by atoms with E-state index in [1.54, 1.807) is 48.5 Å². The summed E-state index contributed by atoms with van der Waals surface area (Å²) in [6.45, 7) is 0.310. The van der Waals surface area contributed by atoms with Gasteiger partial charge in [-0.25, -0.2) is 9.78 Å². The number of imidazole rings is 1. The van der Waals surface area contributed by atoms with Crippen LogP contribution < -0.4 is 25.4 Å². The van der Waals surface area contributed by atoms with Crippen LogP contribution in [0.15, 0.2) is 121 Å². The summed E-state index contributed by atoms with van der Waals surface area (Å²) in [5.74, 6) is 0.0227. The van der Waals surface area contributed by atoms with Gasteiger partial charge in [0.25, 0.3) is 18.3 Å². The fourth-order valence-corrected chi connectivity index (χ4v) is 8.22. The summed E-state index contributed by atoms with van der Waals surface area (Å²) in [6, 6.07) is 34.4. The molecule has 0 aliphatic heterocycles. The molecule has 1 saturated carbocycles. The van der Waals surface area contributed by atoms with Crippen LogP contribution in [0.2, 0.25) is 0 Å². The van der Waals surface area contributed by atoms with Crippen molar-refractivity contribution in [2.75, 3.05) is 39.4 Å². The van der Waals surface area contributed by atoms with E-state index < -0.39 is 12.6 Å². The highest BCUT2D eigenvalue weighted by atomic mass is 16.5. The number of amides is 2. The second-order valence-electron chi connectivity index (χ2n) is 16.2. The quantitative estimate of drug-likeness (QED) is 0.0257. The van der Waals surface area contributed by atoms with Crippen molar-refractivity contribution in [2.45, 2.75) is 44.6 Å². The van der Waals surface area contributed by atoms with Crippen LogP contribution >= 0.6 is 0 Å². The lowest BCUT2D eigenvalue weighted by molar-refractivity contribution is -0.139. The first-order valence-electron chi connectivity index (χ1n) is 22.4. The Morgan fingerprint density at radius 2 is 1.41 bits per heavy atom. The number of H-pyrrole nitrogens is 1. The number of hydrogen-bond donors (Lipinski definition) is 6. The first-order chi connectivity index (χ1) is 33.1. The number of carboxylic acids is 1. The van der Waals surface area contributed by atoms with Crippen molar-refractivity contribution in [3.05, 3.63) is 149 Å². The maximum Gasteiger partial charge on any atom is 0.341 e. The Morgan fingerprint density at radius 1 is 0.735 bits per heavy atom. The van der Waals surface area contributed by atoms with E-state index in [0.717, 1.165) is 64.6 Å². The summed E-state index contributed by atoms with van der Waals surface area (Å²) in [7, 11) is 0. The Morgan fingerprint density at radius 3 is 2.15 bits per heavy atom. The van der Waals surface area contributed by atoms with Crippen LogP contribution in [0, 0.1) is 0 Å². The molecule has 7 aromatic rings. The van der Waals surface area contributed by atoms with E-state index in [9.17, 15) is 24.0 Å². The highest BCUT2D eigenvalue weighted by Gasteiger charge is 2.23. The van der Waals surface area contributed by atoms with Gasteiger partial charge in [0, 0.05) is 70.6 Å². The van der Waals surface area contributed by atoms with Crippen LogP contribution in [0.1, 0.15) is 80.3 Å². The van der Waals surface area contributed by atoms with Gasteiger partial charge in [0.05, 0.1) is 17.6 Å². The van der Waals surface area contributed by atoms with Crippen molar-refractivity contribution in [3.8, 4) is 22.9 Å². The van der Waals surface area contributed by atoms with Crippen LogP contribution in [0.5, 0.6) is 11.5 Å². The number of rotatable bonds is 20. The molecule has 2 amide bonds. The van der Waals surface area contributed by atoms with Gasteiger partial charge in [-0.1, -0.05) is 73.9 Å². The Labute approximate surface area is 391 Å². The normalized spacial score (nSPS) is 12.4. The molecule has 68 heavy (non-hydrogen) atoms. The molecule has 8 rings (SSSR count). The first-order valence-corrected chi connectivity index (χ1v) is 22.4. The van der Waals surface area contributed by atoms with E-state index in [1.165, 1.54) is 6.42 Å². The third kappa shape index (κ3) is 12.4. The zero-order valence-electron chi connectivity index (χ0n) is 37.2. The van der Waals surface area contributed by atoms with Crippen molar-refractivity contribution in [2.24, 2.45) is 0 Å². The fraction of sp³-hybridized carbons (Fsp3) is 0.250. The number of carbonyl (C=O) groups excluding carboxylic acids is 4. The van der Waals surface area contributed by atoms with Gasteiger partial charge >= 0.3 is 5.97 Å². The molecule has 0 bridgehead atoms. The molecule has 0 radical (unpaired) electrons. The highest BCUT2D eigenvalue weighted by Crippen LogP contribution is 2.36. The largest absolute Gasteiger partial charge is 0.484 e. The van der Waals surface area contributed by atoms with E-state index >= 15 is 0 Å². The number of Topliss-reactive ketones (excluding diaryl/α,β-unsaturated/α-hetero) is 1. The number of nitrogens with zero attached hydrogens (tertiary/aromatic N) is 2. The molecule has 0 unspecified atom stereocenters. The van der Waals surface area contributed by atoms with Gasteiger partial charge < -0.3 is 45.2 Å². The van der Waals surface area contributed by atoms with Crippen molar-refractivity contribution < 1.29 is 48.5 Å². The topological polar surface area (TPSA) is 231 Å². The SMILES string of the molecule is O=C(O)COc1ccc2[nH]cc(CCNC(=O)c3ccc4c(c3)nc(-c3ccc(OCC(=O)NCCNCC(=O)c5ccc(C(=O)c6ccccc6)cc5)cc3)n4C3CCCCC3)c2c1.O=CO. The monoisotopic (exact) mass is 920 g/mol. The number of aliphatic carboxylic acids is 1. The number of hydrogen-bond acceptors (Lipinski definition) is 10. The second-order valence-corrected chi connectivity index (χ2v) is 16.2. The zero-order valence-corrected chi connectivity index (χ0v) is 37.2. The lowest BCUT2D eigenvalue weighted by atomic mass is 9.94. The number of aromatic amines is 1. The summed E-state index contributed by atoms with van der Waals surface area (Å²) >= 11 is 0. The standard InChI is InChI=1S/C51H50N6O8.CH2O2/c58-46(33-11-13-35(14-12-33)49(62)34-7-3-1-4-8-34)30-52-25-26-53-47(59)31-64-40-18-15-36(16-19-40)50-56-44-27-37(17-22-45(44)57(50)39-9-5-2-6-10-39)51(63)54-24-23-38-29-55-43-21-20-41(28-42(38)43)65-32-48(60)61;2-1-3/h1,3-4,7-8,11-22,27-29,39,52,55H,2,5-6,9-10,23-26,30-32H2,(H,53,59)(H,54,63)(H,60,61);1H,(H,2,3). The molecule has 16 nitrogen and oxygen atoms in total. The number of carboxylic acid groups (broad SMARTS) is 2. The third-order valence-electron chi connectivity index (χ3n) is 11.6. The molecule has 5 aromatic carbocycles. The molecule has 0 atom stereocenters. The number of benzene rings is 5. The van der Waals surface area contributed by atoms with Gasteiger partial charge in [-0.05, 0) is 85.5 Å². The summed E-state index contributed by atoms with van der Waals surface area (Å²) < 4.78 is 13.5. The van der Waals surface area contributed by atoms with Crippen LogP contribution in [0.25, 0.3) is 33.3 Å². The minimum atomic E-state index is -1.05. The molecule has 350 valence electrons. The molecule has 0 spiro atoms. The number of aromatic nitrogens is 3. The maximum atomic E-state index is 13.4. The van der Waals surface area contributed by atoms with E-state index in [0.29, 0.717) is 59.8 Å². The average Bonchev–Trinajstić information content (AvgIpc) is 3.96. The van der Waals surface area contributed by atoms with E-state index in [2.05, 4.69) is 25.5 Å². The summed E-state index contributed by atoms with van der Waals surface area (Å²) in [5.41, 5.74) is 6.54. The number of fused-ring (bicyclic) bond motifs is 2. The Kier molecular flexibility index (Phi) is 16.4. The van der Waals surface area contributed by atoms with Gasteiger partial charge in [0.15, 0.2) is 24.8 Å². The predicted octanol–water partition coefficient (Wildman–Crippen LogP) is 7.03. The van der Waals surface area contributed by atoms with Gasteiger partial charge in [-0.15, -0.1) is 0 Å². The molecular weight excluding hydrogens is 869 g/mol. The molecule has 6 N–H and O–H groups in total. The molecule has 1 aliphatic carbocycles. The Balaban J connectivity index is 0.00000222. The third-order valence-corrected chi connectivity index (χ3v) is 11.6. The molecule has 2 heterocycles. The Hall–Kier alpha value is -8.11. The predicted molar refractivity (Wildman–Crippen MR) is 255 cm³/mol. The van der Waals surface area contributed by atoms with Crippen LogP contribution in [0.4, 0.5) is 0 Å². The summed E-state index contributed by atoms with van der Waals surface area (Å²) in [5, 5.41) is 25.7. The minimum absolute atomic E-state index is 0.0855. The van der Waals surface area contributed by atoms with Crippen molar-refractivity contribution in [1.82, 2.24) is 30.5 Å². The van der Waals surface area contributed by atoms with Gasteiger partial charge in [-0.2, -0.15) is 0 Å². The Bertz CT molecular complexity index is 2870. The smallest absolute Gasteiger partial charge is 0.341 e. The number of ketones is 2. The van der Waals surface area contributed by atoms with E-state index in [1.807, 2.05) is 72.9 Å². The zero-order chi connectivity index (χ0) is 47.8. The molecule has 1 fully saturated rings. The minimum Gasteiger partial charge on any atom is -0.484 e. The van der Waals surface area contributed by atoms with Crippen molar-refractivity contribution in [1.29, 1.82) is 0 Å². The van der Waals surface area contributed by atoms with Crippen molar-refractivity contribution >= 4 is 57.8 Å².